The molecule has 0 bridgehead atoms. The topological polar surface area (TPSA) is 89.5 Å². The van der Waals surface area contributed by atoms with E-state index in [1.807, 2.05) is 19.9 Å². The smallest absolute Gasteiger partial charge is 0.417 e. The molecule has 1 atom stereocenters. The predicted molar refractivity (Wildman–Crippen MR) is 90.2 cm³/mol. The molecule has 0 spiro atoms. The highest BCUT2D eigenvalue weighted by molar-refractivity contribution is 6.17. The van der Waals surface area contributed by atoms with Crippen LogP contribution < -0.4 is 4.74 Å². The summed E-state index contributed by atoms with van der Waals surface area (Å²) in [5.74, 6) is -0.468. The van der Waals surface area contributed by atoms with Gasteiger partial charge < -0.3 is 4.74 Å². The number of rotatable bonds is 3. The number of nitriles is 1. The zero-order valence-electron chi connectivity index (χ0n) is 15.3. The summed E-state index contributed by atoms with van der Waals surface area (Å²) in [6.45, 7) is 4.16. The standard InChI is InChI=1S/C17H22N5O3/c1-10-8-19-13(11(2)14(10)25-6)9-20(3)15-12(7-18)16(23)22(5)17(24)21(15)4/h8,12H,9H2,1-6H3/q+1. The van der Waals surface area contributed by atoms with Gasteiger partial charge in [-0.25, -0.2) is 9.69 Å². The summed E-state index contributed by atoms with van der Waals surface area (Å²) in [4.78, 5) is 31.2. The van der Waals surface area contributed by atoms with Crippen LogP contribution in [0.3, 0.4) is 0 Å². The lowest BCUT2D eigenvalue weighted by Gasteiger charge is -2.28. The highest BCUT2D eigenvalue weighted by Crippen LogP contribution is 2.24. The number of pyridine rings is 1. The molecule has 2 rings (SSSR count). The third-order valence-corrected chi connectivity index (χ3v) is 4.41. The van der Waals surface area contributed by atoms with Crippen molar-refractivity contribution >= 4 is 17.8 Å². The van der Waals surface area contributed by atoms with Crippen LogP contribution in [0.25, 0.3) is 0 Å². The lowest BCUT2D eigenvalue weighted by molar-refractivity contribution is -0.520. The summed E-state index contributed by atoms with van der Waals surface area (Å²) >= 11 is 0. The lowest BCUT2D eigenvalue weighted by Crippen LogP contribution is -2.58. The summed E-state index contributed by atoms with van der Waals surface area (Å²) in [5.41, 5.74) is 2.56. The molecule has 0 N–H and O–H groups in total. The molecular weight excluding hydrogens is 322 g/mol. The number of nitrogens with zero attached hydrogens (tertiary/aromatic N) is 5. The van der Waals surface area contributed by atoms with E-state index in [-0.39, 0.29) is 0 Å². The number of amidine groups is 1. The molecule has 1 aliphatic rings. The van der Waals surface area contributed by atoms with Gasteiger partial charge in [-0.05, 0) is 13.8 Å². The van der Waals surface area contributed by atoms with Gasteiger partial charge in [0.1, 0.15) is 12.3 Å². The SMILES string of the molecule is COc1c(C)cnc(C[N+](C)=C2C(C#N)C(=O)N(C)C(=O)N2C)c1C. The van der Waals surface area contributed by atoms with Gasteiger partial charge in [0.25, 0.3) is 11.7 Å². The zero-order chi connectivity index (χ0) is 18.9. The Morgan fingerprint density at radius 3 is 2.52 bits per heavy atom. The van der Waals surface area contributed by atoms with E-state index >= 15 is 0 Å². The molecule has 0 saturated carbocycles. The maximum atomic E-state index is 12.3. The fraction of sp³-hybridized carbons (Fsp3) is 0.471. The average Bonchev–Trinajstić information content (AvgIpc) is 2.58. The van der Waals surface area contributed by atoms with E-state index in [9.17, 15) is 14.9 Å². The molecule has 0 aromatic carbocycles. The van der Waals surface area contributed by atoms with Crippen molar-refractivity contribution in [2.24, 2.45) is 5.92 Å². The van der Waals surface area contributed by atoms with Crippen LogP contribution in [0, 0.1) is 31.1 Å². The number of aryl methyl sites for hydroxylation is 1. The first-order chi connectivity index (χ1) is 11.7. The van der Waals surface area contributed by atoms with Gasteiger partial charge in [0.2, 0.25) is 5.92 Å². The van der Waals surface area contributed by atoms with E-state index in [2.05, 4.69) is 4.98 Å². The Morgan fingerprint density at radius 1 is 1.32 bits per heavy atom. The van der Waals surface area contributed by atoms with Crippen molar-refractivity contribution in [2.75, 3.05) is 28.3 Å². The van der Waals surface area contributed by atoms with Crippen LogP contribution in [-0.2, 0) is 11.3 Å². The molecule has 1 unspecified atom stereocenters. The molecule has 8 nitrogen and oxygen atoms in total. The third-order valence-electron chi connectivity index (χ3n) is 4.41. The number of hydrogen-bond acceptors (Lipinski definition) is 5. The largest absolute Gasteiger partial charge is 0.496 e. The molecule has 25 heavy (non-hydrogen) atoms. The van der Waals surface area contributed by atoms with Gasteiger partial charge in [0.15, 0.2) is 0 Å². The Bertz CT molecular complexity index is 809. The number of carbonyl (C=O) groups is 2. The molecule has 1 fully saturated rings. The van der Waals surface area contributed by atoms with Gasteiger partial charge in [0, 0.05) is 24.4 Å². The highest BCUT2D eigenvalue weighted by Gasteiger charge is 2.47. The van der Waals surface area contributed by atoms with Crippen molar-refractivity contribution in [2.45, 2.75) is 20.4 Å². The minimum Gasteiger partial charge on any atom is -0.496 e. The maximum Gasteiger partial charge on any atom is 0.417 e. The van der Waals surface area contributed by atoms with E-state index < -0.39 is 17.9 Å². The van der Waals surface area contributed by atoms with Crippen molar-refractivity contribution in [3.8, 4) is 11.8 Å². The molecule has 1 aromatic rings. The first-order valence-corrected chi connectivity index (χ1v) is 7.76. The molecule has 0 radical (unpaired) electrons. The number of hydrogen-bond donors (Lipinski definition) is 0. The minimum atomic E-state index is -1.04. The van der Waals surface area contributed by atoms with E-state index in [1.165, 1.54) is 11.9 Å². The van der Waals surface area contributed by atoms with Crippen molar-refractivity contribution in [1.82, 2.24) is 14.8 Å². The van der Waals surface area contributed by atoms with Crippen LogP contribution in [0.2, 0.25) is 0 Å². The first-order valence-electron chi connectivity index (χ1n) is 7.76. The Labute approximate surface area is 146 Å². The van der Waals surface area contributed by atoms with E-state index in [0.29, 0.717) is 12.4 Å². The molecule has 0 aliphatic carbocycles. The average molecular weight is 344 g/mol. The number of carbonyl (C=O) groups excluding carboxylic acids is 2. The highest BCUT2D eigenvalue weighted by atomic mass is 16.5. The monoisotopic (exact) mass is 344 g/mol. The van der Waals surface area contributed by atoms with Crippen molar-refractivity contribution in [3.63, 3.8) is 0 Å². The summed E-state index contributed by atoms with van der Waals surface area (Å²) in [6.07, 6.45) is 1.72. The van der Waals surface area contributed by atoms with E-state index in [1.54, 1.807) is 32.0 Å². The van der Waals surface area contributed by atoms with Gasteiger partial charge in [-0.3, -0.25) is 14.4 Å². The Hall–Kier alpha value is -2.95. The van der Waals surface area contributed by atoms with Crippen molar-refractivity contribution < 1.29 is 18.9 Å². The van der Waals surface area contributed by atoms with Crippen LogP contribution in [0.1, 0.15) is 16.8 Å². The molecule has 1 saturated heterocycles. The summed E-state index contributed by atoms with van der Waals surface area (Å²) in [5, 5.41) is 9.42. The third kappa shape index (κ3) is 3.05. The fourth-order valence-electron chi connectivity index (χ4n) is 3.04. The second-order valence-corrected chi connectivity index (χ2v) is 6.06. The summed E-state index contributed by atoms with van der Waals surface area (Å²) < 4.78 is 7.12. The van der Waals surface area contributed by atoms with Crippen LogP contribution in [0.5, 0.6) is 5.75 Å². The number of aromatic nitrogens is 1. The summed E-state index contributed by atoms with van der Waals surface area (Å²) in [7, 11) is 6.26. The summed E-state index contributed by atoms with van der Waals surface area (Å²) in [6, 6.07) is 1.52. The molecule has 1 aliphatic heterocycles. The van der Waals surface area contributed by atoms with Crippen LogP contribution >= 0.6 is 0 Å². The fourth-order valence-corrected chi connectivity index (χ4v) is 3.04. The van der Waals surface area contributed by atoms with Crippen molar-refractivity contribution in [1.29, 1.82) is 5.26 Å². The van der Waals surface area contributed by atoms with Crippen LogP contribution in [0.15, 0.2) is 6.20 Å². The van der Waals surface area contributed by atoms with Gasteiger partial charge >= 0.3 is 6.03 Å². The van der Waals surface area contributed by atoms with Gasteiger partial charge in [-0.15, -0.1) is 0 Å². The minimum absolute atomic E-state index is 0.338. The number of methoxy groups -OCH3 is 1. The van der Waals surface area contributed by atoms with Crippen molar-refractivity contribution in [3.05, 3.63) is 23.0 Å². The first kappa shape index (κ1) is 18.4. The Kier molecular flexibility index (Phi) is 5.07. The Morgan fingerprint density at radius 2 is 1.96 bits per heavy atom. The molecule has 132 valence electrons. The lowest BCUT2D eigenvalue weighted by atomic mass is 10.0. The Balaban J connectivity index is 2.50. The molecule has 3 amide bonds. The van der Waals surface area contributed by atoms with Crippen LogP contribution in [0.4, 0.5) is 4.79 Å². The van der Waals surface area contributed by atoms with Gasteiger partial charge in [0.05, 0.1) is 33.0 Å². The number of ether oxygens (including phenoxy) is 1. The molecule has 2 heterocycles. The van der Waals surface area contributed by atoms with Crippen LogP contribution in [-0.4, -0.2) is 65.4 Å². The predicted octanol–water partition coefficient (Wildman–Crippen LogP) is 0.911. The van der Waals surface area contributed by atoms with E-state index in [0.717, 1.165) is 27.5 Å². The normalized spacial score (nSPS) is 19.8. The number of imide groups is 1. The van der Waals surface area contributed by atoms with Gasteiger partial charge in [-0.1, -0.05) is 0 Å². The molecule has 1 aromatic heterocycles. The molecular formula is C17H22N5O3+. The quantitative estimate of drug-likeness (QED) is 0.761. The second-order valence-electron chi connectivity index (χ2n) is 6.06. The maximum absolute atomic E-state index is 12.3. The van der Waals surface area contributed by atoms with E-state index in [4.69, 9.17) is 4.74 Å². The number of urea groups is 1. The second kappa shape index (κ2) is 6.89. The zero-order valence-corrected chi connectivity index (χ0v) is 15.3. The van der Waals surface area contributed by atoms with Gasteiger partial charge in [-0.2, -0.15) is 10.2 Å². The molecule has 8 heteroatoms. The number of amides is 3.